The summed E-state index contributed by atoms with van der Waals surface area (Å²) in [5.74, 6) is 0.990. The summed E-state index contributed by atoms with van der Waals surface area (Å²) in [5.41, 5.74) is 0. The van der Waals surface area contributed by atoms with Crippen LogP contribution in [-0.2, 0) is 4.74 Å². The zero-order valence-electron chi connectivity index (χ0n) is 5.68. The van der Waals surface area contributed by atoms with Crippen LogP contribution in [0.3, 0.4) is 0 Å². The molecule has 1 heterocycles. The van der Waals surface area contributed by atoms with Gasteiger partial charge in [-0.2, -0.15) is 0 Å². The minimum Gasteiger partial charge on any atom is -0.377 e. The summed E-state index contributed by atoms with van der Waals surface area (Å²) in [6.07, 6.45) is 1.15. The predicted octanol–water partition coefficient (Wildman–Crippen LogP) is 0.0246. The lowest BCUT2D eigenvalue weighted by atomic mass is 10.3. The van der Waals surface area contributed by atoms with E-state index in [0.29, 0.717) is 6.61 Å². The molecular weight excluding hydrogens is 116 g/mol. The van der Waals surface area contributed by atoms with E-state index in [9.17, 15) is 0 Å². The first kappa shape index (κ1) is 6.55. The van der Waals surface area contributed by atoms with Crippen LogP contribution in [0, 0.1) is 0 Å². The molecule has 0 aliphatic carbocycles. The molecular formula is C6H12N2O. The van der Waals surface area contributed by atoms with E-state index in [1.807, 2.05) is 0 Å². The molecule has 0 saturated carbocycles. The molecule has 3 nitrogen and oxygen atoms in total. The molecule has 1 N–H and O–H groups in total. The van der Waals surface area contributed by atoms with Gasteiger partial charge in [-0.05, 0) is 6.42 Å². The molecule has 0 aromatic rings. The topological polar surface area (TPSA) is 33.6 Å². The van der Waals surface area contributed by atoms with Crippen molar-refractivity contribution in [2.75, 3.05) is 26.8 Å². The van der Waals surface area contributed by atoms with Crippen LogP contribution >= 0.6 is 0 Å². The first-order chi connectivity index (χ1) is 4.43. The third-order valence-electron chi connectivity index (χ3n) is 1.25. The highest BCUT2D eigenvalue weighted by Gasteiger charge is 2.00. The fraction of sp³-hybridized carbons (Fsp3) is 0.833. The fourth-order valence-electron chi connectivity index (χ4n) is 0.815. The third-order valence-corrected chi connectivity index (χ3v) is 1.25. The van der Waals surface area contributed by atoms with Crippen LogP contribution < -0.4 is 5.32 Å². The maximum absolute atomic E-state index is 4.89. The SMILES string of the molecule is COCC1=NCCCN1. The molecule has 0 amide bonds. The van der Waals surface area contributed by atoms with Crippen LogP contribution in [0.5, 0.6) is 0 Å². The van der Waals surface area contributed by atoms with E-state index in [0.717, 1.165) is 25.3 Å². The van der Waals surface area contributed by atoms with Gasteiger partial charge in [0.25, 0.3) is 0 Å². The molecule has 0 aromatic carbocycles. The largest absolute Gasteiger partial charge is 0.377 e. The molecule has 0 atom stereocenters. The summed E-state index contributed by atoms with van der Waals surface area (Å²) < 4.78 is 4.89. The van der Waals surface area contributed by atoms with E-state index >= 15 is 0 Å². The van der Waals surface area contributed by atoms with Crippen molar-refractivity contribution in [2.45, 2.75) is 6.42 Å². The second-order valence-corrected chi connectivity index (χ2v) is 2.04. The summed E-state index contributed by atoms with van der Waals surface area (Å²) in [4.78, 5) is 4.20. The predicted molar refractivity (Wildman–Crippen MR) is 36.8 cm³/mol. The van der Waals surface area contributed by atoms with Crippen molar-refractivity contribution in [1.82, 2.24) is 5.32 Å². The summed E-state index contributed by atoms with van der Waals surface area (Å²) in [5, 5.41) is 3.14. The molecule has 9 heavy (non-hydrogen) atoms. The Morgan fingerprint density at radius 2 is 2.67 bits per heavy atom. The number of hydrogen-bond acceptors (Lipinski definition) is 3. The van der Waals surface area contributed by atoms with Crippen molar-refractivity contribution in [2.24, 2.45) is 4.99 Å². The Kier molecular flexibility index (Phi) is 2.51. The first-order valence-corrected chi connectivity index (χ1v) is 3.19. The molecule has 0 bridgehead atoms. The standard InChI is InChI=1S/C6H12N2O/c1-9-5-6-7-3-2-4-8-6/h2-5H2,1H3,(H,7,8). The number of rotatable bonds is 2. The molecule has 0 unspecified atom stereocenters. The Labute approximate surface area is 55.1 Å². The van der Waals surface area contributed by atoms with Gasteiger partial charge >= 0.3 is 0 Å². The number of nitrogens with one attached hydrogen (secondary N) is 1. The summed E-state index contributed by atoms with van der Waals surface area (Å²) in [6, 6.07) is 0. The van der Waals surface area contributed by atoms with Crippen LogP contribution in [0.1, 0.15) is 6.42 Å². The van der Waals surface area contributed by atoms with Crippen LogP contribution in [0.2, 0.25) is 0 Å². The van der Waals surface area contributed by atoms with Crippen LogP contribution in [0.15, 0.2) is 4.99 Å². The molecule has 1 aliphatic heterocycles. The molecule has 1 rings (SSSR count). The molecule has 52 valence electrons. The van der Waals surface area contributed by atoms with E-state index in [2.05, 4.69) is 10.3 Å². The molecule has 0 spiro atoms. The van der Waals surface area contributed by atoms with Crippen molar-refractivity contribution in [3.05, 3.63) is 0 Å². The van der Waals surface area contributed by atoms with Gasteiger partial charge in [-0.3, -0.25) is 4.99 Å². The summed E-state index contributed by atoms with van der Waals surface area (Å²) >= 11 is 0. The first-order valence-electron chi connectivity index (χ1n) is 3.19. The summed E-state index contributed by atoms with van der Waals surface area (Å²) in [6.45, 7) is 2.62. The van der Waals surface area contributed by atoms with Gasteiger partial charge in [-0.15, -0.1) is 0 Å². The molecule has 0 saturated heterocycles. The minimum absolute atomic E-state index is 0.625. The molecule has 1 aliphatic rings. The smallest absolute Gasteiger partial charge is 0.123 e. The molecule has 3 heteroatoms. The third kappa shape index (κ3) is 2.01. The summed E-state index contributed by atoms with van der Waals surface area (Å²) in [7, 11) is 1.68. The Morgan fingerprint density at radius 3 is 3.22 bits per heavy atom. The molecule has 0 fully saturated rings. The Bertz CT molecular complexity index is 112. The van der Waals surface area contributed by atoms with Crippen LogP contribution in [-0.4, -0.2) is 32.6 Å². The van der Waals surface area contributed by atoms with Gasteiger partial charge in [0.2, 0.25) is 0 Å². The van der Waals surface area contributed by atoms with E-state index in [1.54, 1.807) is 7.11 Å². The monoisotopic (exact) mass is 128 g/mol. The van der Waals surface area contributed by atoms with E-state index in [-0.39, 0.29) is 0 Å². The van der Waals surface area contributed by atoms with Crippen molar-refractivity contribution < 1.29 is 4.74 Å². The number of ether oxygens (including phenoxy) is 1. The van der Waals surface area contributed by atoms with Crippen molar-refractivity contribution in [1.29, 1.82) is 0 Å². The highest BCUT2D eigenvalue weighted by atomic mass is 16.5. The zero-order chi connectivity index (χ0) is 6.53. The lowest BCUT2D eigenvalue weighted by Gasteiger charge is -2.12. The van der Waals surface area contributed by atoms with Gasteiger partial charge in [-0.25, -0.2) is 0 Å². The van der Waals surface area contributed by atoms with E-state index < -0.39 is 0 Å². The highest BCUT2D eigenvalue weighted by Crippen LogP contribution is 1.88. The molecule has 0 aromatic heterocycles. The van der Waals surface area contributed by atoms with Gasteiger partial charge in [0.05, 0.1) is 0 Å². The van der Waals surface area contributed by atoms with Gasteiger partial charge in [-0.1, -0.05) is 0 Å². The Hall–Kier alpha value is -0.570. The second kappa shape index (κ2) is 3.45. The lowest BCUT2D eigenvalue weighted by Crippen LogP contribution is -2.32. The Balaban J connectivity index is 2.28. The van der Waals surface area contributed by atoms with Gasteiger partial charge in [0.15, 0.2) is 0 Å². The highest BCUT2D eigenvalue weighted by molar-refractivity contribution is 5.83. The fourth-order valence-corrected chi connectivity index (χ4v) is 0.815. The number of nitrogens with zero attached hydrogens (tertiary/aromatic N) is 1. The Morgan fingerprint density at radius 1 is 1.78 bits per heavy atom. The minimum atomic E-state index is 0.625. The number of methoxy groups -OCH3 is 1. The van der Waals surface area contributed by atoms with Crippen LogP contribution in [0.25, 0.3) is 0 Å². The average molecular weight is 128 g/mol. The van der Waals surface area contributed by atoms with Gasteiger partial charge in [0.1, 0.15) is 12.4 Å². The van der Waals surface area contributed by atoms with Gasteiger partial charge in [0, 0.05) is 20.2 Å². The zero-order valence-corrected chi connectivity index (χ0v) is 5.68. The average Bonchev–Trinajstić information content (AvgIpc) is 1.91. The lowest BCUT2D eigenvalue weighted by molar-refractivity contribution is 0.241. The normalized spacial score (nSPS) is 18.6. The maximum atomic E-state index is 4.89. The number of amidine groups is 1. The van der Waals surface area contributed by atoms with Crippen LogP contribution in [0.4, 0.5) is 0 Å². The van der Waals surface area contributed by atoms with E-state index in [4.69, 9.17) is 4.74 Å². The van der Waals surface area contributed by atoms with E-state index in [1.165, 1.54) is 0 Å². The second-order valence-electron chi connectivity index (χ2n) is 2.04. The maximum Gasteiger partial charge on any atom is 0.123 e. The van der Waals surface area contributed by atoms with Crippen molar-refractivity contribution in [3.8, 4) is 0 Å². The van der Waals surface area contributed by atoms with Crippen molar-refractivity contribution in [3.63, 3.8) is 0 Å². The number of hydrogen-bond donors (Lipinski definition) is 1. The molecule has 0 radical (unpaired) electrons. The van der Waals surface area contributed by atoms with Gasteiger partial charge < -0.3 is 10.1 Å². The van der Waals surface area contributed by atoms with Crippen molar-refractivity contribution >= 4 is 5.84 Å². The quantitative estimate of drug-likeness (QED) is 0.569. The number of aliphatic imine (C=N–C) groups is 1.